The smallest absolute Gasteiger partial charge is 0.255 e. The highest BCUT2D eigenvalue weighted by Crippen LogP contribution is 2.31. The van der Waals surface area contributed by atoms with E-state index >= 15 is 0 Å². The fourth-order valence-corrected chi connectivity index (χ4v) is 5.58. The molecule has 6 rings (SSSR count). The number of carbonyl (C=O) groups excluding carboxylic acids is 3. The summed E-state index contributed by atoms with van der Waals surface area (Å²) in [4.78, 5) is 40.2. The molecule has 2 unspecified atom stereocenters. The number of nitrogens with zero attached hydrogens (tertiary/aromatic N) is 2. The number of rotatable bonds is 6. The van der Waals surface area contributed by atoms with Gasteiger partial charge in [0.05, 0.1) is 0 Å². The Morgan fingerprint density at radius 2 is 1.74 bits per heavy atom. The molecule has 3 aromatic carbocycles. The van der Waals surface area contributed by atoms with Gasteiger partial charge in [0, 0.05) is 38.2 Å². The monoisotopic (exact) mass is 576 g/mol. The minimum absolute atomic E-state index is 0.0690. The number of imide groups is 1. The number of hydrogen-bond acceptors (Lipinski definition) is 6. The van der Waals surface area contributed by atoms with Crippen molar-refractivity contribution in [1.82, 2.24) is 15.1 Å². The van der Waals surface area contributed by atoms with Gasteiger partial charge in [-0.3, -0.25) is 24.6 Å². The maximum Gasteiger partial charge on any atom is 0.255 e. The molecule has 3 N–H and O–H groups in total. The molecule has 0 saturated carbocycles. The fraction of sp³-hybridized carbons (Fsp3) is 0.344. The predicted octanol–water partition coefficient (Wildman–Crippen LogP) is 3.91. The van der Waals surface area contributed by atoms with Crippen LogP contribution in [-0.4, -0.2) is 52.8 Å². The van der Waals surface area contributed by atoms with Gasteiger partial charge >= 0.3 is 0 Å². The second kappa shape index (κ2) is 13.2. The highest BCUT2D eigenvalue weighted by Gasteiger charge is 2.39. The number of fused-ring (bicyclic) bond motifs is 1. The predicted molar refractivity (Wildman–Crippen MR) is 152 cm³/mol. The summed E-state index contributed by atoms with van der Waals surface area (Å²) < 4.78 is 32.9. The van der Waals surface area contributed by atoms with E-state index in [0.29, 0.717) is 49.5 Å². The lowest BCUT2D eigenvalue weighted by molar-refractivity contribution is -0.136. The molecule has 3 heterocycles. The lowest BCUT2D eigenvalue weighted by Gasteiger charge is -2.33. The highest BCUT2D eigenvalue weighted by atomic mass is 19.2. The zero-order valence-corrected chi connectivity index (χ0v) is 23.2. The molecular formula is C32H34F2N4O4. The molecule has 0 bridgehead atoms. The summed E-state index contributed by atoms with van der Waals surface area (Å²) in [6.07, 6.45) is 2.26. The van der Waals surface area contributed by atoms with Crippen molar-refractivity contribution in [2.75, 3.05) is 13.1 Å². The summed E-state index contributed by atoms with van der Waals surface area (Å²) in [5, 5.41) is 2.31. The van der Waals surface area contributed by atoms with Crippen LogP contribution in [0.1, 0.15) is 52.7 Å². The van der Waals surface area contributed by atoms with Gasteiger partial charge in [-0.2, -0.15) is 0 Å². The molecule has 42 heavy (non-hydrogen) atoms. The Balaban J connectivity index is 0.000000382. The van der Waals surface area contributed by atoms with Crippen LogP contribution in [0.2, 0.25) is 0 Å². The number of carbonyl (C=O) groups is 3. The molecular weight excluding hydrogens is 542 g/mol. The summed E-state index contributed by atoms with van der Waals surface area (Å²) in [5.74, 6) is -2.01. The average Bonchev–Trinajstić information content (AvgIpc) is 3.31. The number of nitrogens with two attached hydrogens (primary N) is 1. The lowest BCUT2D eigenvalue weighted by atomic mass is 10.0. The molecule has 3 aromatic rings. The van der Waals surface area contributed by atoms with E-state index in [2.05, 4.69) is 10.2 Å². The third-order valence-corrected chi connectivity index (χ3v) is 7.73. The molecule has 3 aliphatic rings. The average molecular weight is 577 g/mol. The van der Waals surface area contributed by atoms with E-state index in [1.807, 2.05) is 36.4 Å². The van der Waals surface area contributed by atoms with E-state index in [9.17, 15) is 23.2 Å². The lowest BCUT2D eigenvalue weighted by Crippen LogP contribution is -2.52. The second-order valence-electron chi connectivity index (χ2n) is 10.8. The minimum Gasteiger partial charge on any atom is -0.489 e. The van der Waals surface area contributed by atoms with Crippen LogP contribution in [0.25, 0.3) is 0 Å². The Hall–Kier alpha value is -4.15. The molecule has 3 amide bonds. The van der Waals surface area contributed by atoms with Crippen LogP contribution in [0.3, 0.4) is 0 Å². The maximum absolute atomic E-state index is 13.5. The standard InChI is InChI=1S/C25H25F2N3O4.C7H9N/c26-20-6-3-15(10-21(20)27)12-29-9-1-2-18(14-29)34-17-4-5-19-16(11-17)13-30(25(19)33)22-7-8-23(31)28-24(22)32;8-6-7-4-2-1-3-5-7/h3-6,10-11,18,22H,1-2,7-9,12-14H2,(H,28,31,32);1-5H,6,8H2. The number of hydrogen-bond donors (Lipinski definition) is 2. The molecule has 3 aliphatic heterocycles. The van der Waals surface area contributed by atoms with E-state index in [4.69, 9.17) is 10.5 Å². The molecule has 0 spiro atoms. The number of ether oxygens (including phenoxy) is 1. The summed E-state index contributed by atoms with van der Waals surface area (Å²) >= 11 is 0. The molecule has 8 nitrogen and oxygen atoms in total. The van der Waals surface area contributed by atoms with Crippen molar-refractivity contribution in [3.05, 3.63) is 101 Å². The van der Waals surface area contributed by atoms with Gasteiger partial charge < -0.3 is 15.4 Å². The first-order chi connectivity index (χ1) is 20.3. The Morgan fingerprint density at radius 3 is 2.45 bits per heavy atom. The number of benzene rings is 3. The van der Waals surface area contributed by atoms with Crippen molar-refractivity contribution >= 4 is 17.7 Å². The number of piperidine rings is 2. The summed E-state index contributed by atoms with van der Waals surface area (Å²) in [7, 11) is 0. The molecule has 220 valence electrons. The van der Waals surface area contributed by atoms with E-state index in [1.54, 1.807) is 18.2 Å². The third-order valence-electron chi connectivity index (χ3n) is 7.73. The number of amides is 3. The van der Waals surface area contributed by atoms with Gasteiger partial charge in [-0.1, -0.05) is 36.4 Å². The maximum atomic E-state index is 13.5. The number of halogens is 2. The number of likely N-dealkylation sites (tertiary alicyclic amines) is 1. The van der Waals surface area contributed by atoms with E-state index in [-0.39, 0.29) is 24.3 Å². The van der Waals surface area contributed by atoms with Gasteiger partial charge in [-0.05, 0) is 72.8 Å². The Bertz CT molecular complexity index is 1450. The van der Waals surface area contributed by atoms with Crippen LogP contribution in [0, 0.1) is 11.6 Å². The van der Waals surface area contributed by atoms with Crippen LogP contribution in [0.4, 0.5) is 8.78 Å². The molecule has 0 aromatic heterocycles. The van der Waals surface area contributed by atoms with Crippen molar-refractivity contribution in [3.63, 3.8) is 0 Å². The Morgan fingerprint density at radius 1 is 0.929 bits per heavy atom. The second-order valence-corrected chi connectivity index (χ2v) is 10.8. The largest absolute Gasteiger partial charge is 0.489 e. The Labute approximate surface area is 243 Å². The van der Waals surface area contributed by atoms with E-state index in [0.717, 1.165) is 31.0 Å². The quantitative estimate of drug-likeness (QED) is 0.431. The zero-order chi connectivity index (χ0) is 29.6. The molecule has 0 radical (unpaired) electrons. The van der Waals surface area contributed by atoms with Crippen LogP contribution < -0.4 is 15.8 Å². The SMILES string of the molecule is NCc1ccccc1.O=C1CCC(N2Cc3cc(OC4CCCN(Cc5ccc(F)c(F)c5)C4)ccc3C2=O)C(=O)N1. The first kappa shape index (κ1) is 29.3. The van der Waals surface area contributed by atoms with Gasteiger partial charge in [-0.25, -0.2) is 8.78 Å². The van der Waals surface area contributed by atoms with Gasteiger partial charge in [0.2, 0.25) is 11.8 Å². The van der Waals surface area contributed by atoms with Crippen LogP contribution >= 0.6 is 0 Å². The molecule has 2 atom stereocenters. The highest BCUT2D eigenvalue weighted by molar-refractivity contribution is 6.05. The van der Waals surface area contributed by atoms with Gasteiger partial charge in [0.25, 0.3) is 5.91 Å². The van der Waals surface area contributed by atoms with Crippen molar-refractivity contribution in [2.24, 2.45) is 5.73 Å². The molecule has 0 aliphatic carbocycles. The molecule has 2 fully saturated rings. The summed E-state index contributed by atoms with van der Waals surface area (Å²) in [6.45, 7) is 2.94. The first-order valence-corrected chi connectivity index (χ1v) is 14.1. The molecule has 10 heteroatoms. The van der Waals surface area contributed by atoms with E-state index in [1.165, 1.54) is 16.5 Å². The van der Waals surface area contributed by atoms with E-state index < -0.39 is 23.6 Å². The van der Waals surface area contributed by atoms with Gasteiger partial charge in [-0.15, -0.1) is 0 Å². The zero-order valence-electron chi connectivity index (χ0n) is 23.2. The number of nitrogens with one attached hydrogen (secondary N) is 1. The van der Waals surface area contributed by atoms with Crippen molar-refractivity contribution < 1.29 is 27.9 Å². The third kappa shape index (κ3) is 7.00. The van der Waals surface area contributed by atoms with Crippen LogP contribution in [0.5, 0.6) is 5.75 Å². The normalized spacial score (nSPS) is 20.5. The van der Waals surface area contributed by atoms with Gasteiger partial charge in [0.1, 0.15) is 17.9 Å². The van der Waals surface area contributed by atoms with Crippen LogP contribution in [0.15, 0.2) is 66.7 Å². The van der Waals surface area contributed by atoms with Crippen molar-refractivity contribution in [2.45, 2.75) is 57.5 Å². The first-order valence-electron chi connectivity index (χ1n) is 14.1. The fourth-order valence-electron chi connectivity index (χ4n) is 5.58. The van der Waals surface area contributed by atoms with Crippen LogP contribution in [-0.2, 0) is 29.2 Å². The van der Waals surface area contributed by atoms with Crippen molar-refractivity contribution in [3.8, 4) is 5.75 Å². The van der Waals surface area contributed by atoms with Gasteiger partial charge in [0.15, 0.2) is 11.6 Å². The minimum atomic E-state index is -0.852. The topological polar surface area (TPSA) is 105 Å². The Kier molecular flexibility index (Phi) is 9.24. The summed E-state index contributed by atoms with van der Waals surface area (Å²) in [5.41, 5.74) is 8.58. The molecule has 2 saturated heterocycles. The summed E-state index contributed by atoms with van der Waals surface area (Å²) in [6, 6.07) is 18.6. The van der Waals surface area contributed by atoms with Crippen molar-refractivity contribution in [1.29, 1.82) is 0 Å².